The van der Waals surface area contributed by atoms with E-state index in [1.54, 1.807) is 31.5 Å². The van der Waals surface area contributed by atoms with E-state index in [-0.39, 0.29) is 11.8 Å². The highest BCUT2D eigenvalue weighted by molar-refractivity contribution is 5.62. The van der Waals surface area contributed by atoms with Crippen LogP contribution in [0.5, 0.6) is 0 Å². The number of nitrogens with two attached hydrogens (primary N) is 1. The van der Waals surface area contributed by atoms with Crippen molar-refractivity contribution in [2.45, 2.75) is 6.92 Å². The molecule has 0 aliphatic heterocycles. The Morgan fingerprint density at radius 3 is 2.40 bits per heavy atom. The molecular formula is C11H10FN3. The second-order valence-electron chi connectivity index (χ2n) is 3.29. The summed E-state index contributed by atoms with van der Waals surface area (Å²) in [5.74, 6) is 0.0210. The molecule has 1 aromatic heterocycles. The first-order valence-electron chi connectivity index (χ1n) is 4.51. The zero-order valence-electron chi connectivity index (χ0n) is 8.24. The van der Waals surface area contributed by atoms with Gasteiger partial charge in [-0.1, -0.05) is 6.07 Å². The van der Waals surface area contributed by atoms with E-state index in [1.807, 2.05) is 0 Å². The summed E-state index contributed by atoms with van der Waals surface area (Å²) < 4.78 is 13.0. The maximum absolute atomic E-state index is 13.0. The van der Waals surface area contributed by atoms with Crippen LogP contribution in [-0.2, 0) is 0 Å². The molecule has 0 saturated heterocycles. The van der Waals surface area contributed by atoms with E-state index in [1.165, 1.54) is 6.07 Å². The zero-order valence-corrected chi connectivity index (χ0v) is 8.24. The average Bonchev–Trinajstić information content (AvgIpc) is 2.23. The van der Waals surface area contributed by atoms with Gasteiger partial charge in [-0.15, -0.1) is 0 Å². The Morgan fingerprint density at radius 2 is 1.80 bits per heavy atom. The maximum Gasteiger partial charge on any atom is 0.219 e. The molecule has 0 bridgehead atoms. The number of halogens is 1. The van der Waals surface area contributed by atoms with Crippen molar-refractivity contribution in [3.8, 4) is 11.1 Å². The molecular weight excluding hydrogens is 193 g/mol. The zero-order chi connectivity index (χ0) is 10.8. The number of aryl methyl sites for hydroxylation is 1. The molecule has 0 amide bonds. The van der Waals surface area contributed by atoms with Gasteiger partial charge in [-0.3, -0.25) is 0 Å². The Morgan fingerprint density at radius 1 is 1.13 bits per heavy atom. The van der Waals surface area contributed by atoms with Gasteiger partial charge in [0.2, 0.25) is 5.95 Å². The van der Waals surface area contributed by atoms with E-state index >= 15 is 0 Å². The second-order valence-corrected chi connectivity index (χ2v) is 3.29. The molecule has 0 saturated carbocycles. The fraction of sp³-hybridized carbons (Fsp3) is 0.0909. The van der Waals surface area contributed by atoms with Gasteiger partial charge >= 0.3 is 0 Å². The first-order valence-corrected chi connectivity index (χ1v) is 4.51. The lowest BCUT2D eigenvalue weighted by atomic mass is 10.1. The molecule has 2 N–H and O–H groups in total. The van der Waals surface area contributed by atoms with Crippen LogP contribution < -0.4 is 5.73 Å². The minimum absolute atomic E-state index is 0.213. The van der Waals surface area contributed by atoms with Crippen LogP contribution in [0.3, 0.4) is 0 Å². The Balaban J connectivity index is 2.45. The van der Waals surface area contributed by atoms with Gasteiger partial charge in [-0.2, -0.15) is 0 Å². The lowest BCUT2D eigenvalue weighted by Gasteiger charge is -2.02. The van der Waals surface area contributed by atoms with E-state index in [4.69, 9.17) is 5.73 Å². The first-order chi connectivity index (χ1) is 7.16. The number of rotatable bonds is 1. The van der Waals surface area contributed by atoms with Gasteiger partial charge < -0.3 is 5.73 Å². The van der Waals surface area contributed by atoms with Crippen LogP contribution in [0.15, 0.2) is 30.6 Å². The number of nitrogen functional groups attached to an aromatic ring is 1. The fourth-order valence-corrected chi connectivity index (χ4v) is 1.31. The van der Waals surface area contributed by atoms with Crippen LogP contribution in [0, 0.1) is 12.7 Å². The minimum atomic E-state index is -0.213. The summed E-state index contributed by atoms with van der Waals surface area (Å²) in [5.41, 5.74) is 7.69. The van der Waals surface area contributed by atoms with Crippen LogP contribution in [0.4, 0.5) is 10.3 Å². The highest BCUT2D eigenvalue weighted by Crippen LogP contribution is 2.20. The number of nitrogens with zero attached hydrogens (tertiary/aromatic N) is 2. The Labute approximate surface area is 86.8 Å². The van der Waals surface area contributed by atoms with Crippen LogP contribution >= 0.6 is 0 Å². The van der Waals surface area contributed by atoms with Crippen molar-refractivity contribution in [2.24, 2.45) is 0 Å². The molecule has 4 heteroatoms. The van der Waals surface area contributed by atoms with Gasteiger partial charge in [0.05, 0.1) is 0 Å². The lowest BCUT2D eigenvalue weighted by molar-refractivity contribution is 0.619. The molecule has 3 nitrogen and oxygen atoms in total. The number of hydrogen-bond donors (Lipinski definition) is 1. The highest BCUT2D eigenvalue weighted by atomic mass is 19.1. The fourth-order valence-electron chi connectivity index (χ4n) is 1.31. The lowest BCUT2D eigenvalue weighted by Crippen LogP contribution is -1.94. The third-order valence-corrected chi connectivity index (χ3v) is 2.16. The Hall–Kier alpha value is -1.97. The van der Waals surface area contributed by atoms with E-state index in [0.29, 0.717) is 5.56 Å². The summed E-state index contributed by atoms with van der Waals surface area (Å²) in [6.07, 6.45) is 3.24. The van der Waals surface area contributed by atoms with Crippen LogP contribution in [0.25, 0.3) is 11.1 Å². The molecule has 1 aromatic carbocycles. The van der Waals surface area contributed by atoms with E-state index < -0.39 is 0 Å². The van der Waals surface area contributed by atoms with Gasteiger partial charge in [0, 0.05) is 18.0 Å². The van der Waals surface area contributed by atoms with Crippen molar-refractivity contribution >= 4 is 5.95 Å². The predicted molar refractivity (Wildman–Crippen MR) is 56.6 cm³/mol. The summed E-state index contributed by atoms with van der Waals surface area (Å²) in [4.78, 5) is 7.76. The minimum Gasteiger partial charge on any atom is -0.368 e. The highest BCUT2D eigenvalue weighted by Gasteiger charge is 2.02. The molecule has 0 radical (unpaired) electrons. The molecule has 76 valence electrons. The summed E-state index contributed by atoms with van der Waals surface area (Å²) in [6, 6.07) is 4.88. The van der Waals surface area contributed by atoms with Crippen LogP contribution in [-0.4, -0.2) is 9.97 Å². The third-order valence-electron chi connectivity index (χ3n) is 2.16. The SMILES string of the molecule is Cc1cc(-c2cnc(N)nc2)ccc1F. The van der Waals surface area contributed by atoms with Crippen molar-refractivity contribution in [2.75, 3.05) is 5.73 Å². The monoisotopic (exact) mass is 203 g/mol. The van der Waals surface area contributed by atoms with Crippen molar-refractivity contribution in [3.63, 3.8) is 0 Å². The van der Waals surface area contributed by atoms with Gasteiger partial charge in [-0.25, -0.2) is 14.4 Å². The summed E-state index contributed by atoms with van der Waals surface area (Å²) in [5, 5.41) is 0. The summed E-state index contributed by atoms with van der Waals surface area (Å²) in [7, 11) is 0. The van der Waals surface area contributed by atoms with Gasteiger partial charge in [0.1, 0.15) is 5.82 Å². The van der Waals surface area contributed by atoms with Crippen molar-refractivity contribution < 1.29 is 4.39 Å². The van der Waals surface area contributed by atoms with Gasteiger partial charge in [0.15, 0.2) is 0 Å². The molecule has 2 rings (SSSR count). The van der Waals surface area contributed by atoms with Crippen LogP contribution in [0.2, 0.25) is 0 Å². The Bertz CT molecular complexity index is 480. The van der Waals surface area contributed by atoms with E-state index in [9.17, 15) is 4.39 Å². The second kappa shape index (κ2) is 3.65. The number of benzene rings is 1. The average molecular weight is 203 g/mol. The topological polar surface area (TPSA) is 51.8 Å². The number of anilines is 1. The molecule has 15 heavy (non-hydrogen) atoms. The number of hydrogen-bond acceptors (Lipinski definition) is 3. The molecule has 0 aliphatic carbocycles. The largest absolute Gasteiger partial charge is 0.368 e. The Kier molecular flexibility index (Phi) is 2.33. The van der Waals surface area contributed by atoms with Crippen LogP contribution in [0.1, 0.15) is 5.56 Å². The quantitative estimate of drug-likeness (QED) is 0.772. The molecule has 0 aliphatic rings. The van der Waals surface area contributed by atoms with E-state index in [0.717, 1.165) is 11.1 Å². The van der Waals surface area contributed by atoms with Gasteiger partial charge in [0.25, 0.3) is 0 Å². The third kappa shape index (κ3) is 1.93. The molecule has 0 atom stereocenters. The van der Waals surface area contributed by atoms with Crippen molar-refractivity contribution in [3.05, 3.63) is 42.0 Å². The summed E-state index contributed by atoms with van der Waals surface area (Å²) >= 11 is 0. The maximum atomic E-state index is 13.0. The number of aromatic nitrogens is 2. The van der Waals surface area contributed by atoms with Crippen molar-refractivity contribution in [1.82, 2.24) is 9.97 Å². The summed E-state index contributed by atoms with van der Waals surface area (Å²) in [6.45, 7) is 1.72. The molecule has 1 heterocycles. The molecule has 2 aromatic rings. The molecule has 0 fully saturated rings. The normalized spacial score (nSPS) is 10.3. The molecule has 0 spiro atoms. The smallest absolute Gasteiger partial charge is 0.219 e. The molecule has 0 unspecified atom stereocenters. The standard InChI is InChI=1S/C11H10FN3/c1-7-4-8(2-3-10(7)12)9-5-14-11(13)15-6-9/h2-6H,1H3,(H2,13,14,15). The van der Waals surface area contributed by atoms with E-state index in [2.05, 4.69) is 9.97 Å². The predicted octanol–water partition coefficient (Wildman–Crippen LogP) is 2.17. The van der Waals surface area contributed by atoms with Gasteiger partial charge in [-0.05, 0) is 30.2 Å². The van der Waals surface area contributed by atoms with Crippen molar-refractivity contribution in [1.29, 1.82) is 0 Å². The first kappa shape index (κ1) is 9.58.